The van der Waals surface area contributed by atoms with Gasteiger partial charge in [0.1, 0.15) is 0 Å². The number of amides is 2. The van der Waals surface area contributed by atoms with Crippen molar-refractivity contribution >= 4 is 23.5 Å². The molecule has 3 nitrogen and oxygen atoms in total. The van der Waals surface area contributed by atoms with Gasteiger partial charge in [-0.2, -0.15) is 13.2 Å². The number of benzene rings is 1. The molecule has 1 rings (SSSR count). The molecule has 0 fully saturated rings. The highest BCUT2D eigenvalue weighted by Crippen LogP contribution is 2.32. The second-order valence-electron chi connectivity index (χ2n) is 5.02. The Hall–Kier alpha value is -1.81. The molecular formula is C16H19F3N2OS. The van der Waals surface area contributed by atoms with Crippen molar-refractivity contribution in [1.29, 1.82) is 0 Å². The number of terminal acetylenes is 1. The minimum Gasteiger partial charge on any atom is -0.334 e. The number of hydrogen-bond donors (Lipinski definition) is 2. The van der Waals surface area contributed by atoms with Crippen LogP contribution in [0.1, 0.15) is 25.3 Å². The van der Waals surface area contributed by atoms with Gasteiger partial charge in [0, 0.05) is 17.4 Å². The van der Waals surface area contributed by atoms with E-state index in [0.717, 1.165) is 5.56 Å². The summed E-state index contributed by atoms with van der Waals surface area (Å²) < 4.78 is 37.1. The summed E-state index contributed by atoms with van der Waals surface area (Å²) in [7, 11) is 0. The van der Waals surface area contributed by atoms with E-state index in [1.165, 1.54) is 0 Å². The SMILES string of the molecule is C#CCC(CC)NC(=O)Nc1cc(C)ccc1SCC(F)(F)F. The first-order chi connectivity index (χ1) is 10.7. The second-order valence-corrected chi connectivity index (χ2v) is 6.03. The standard InChI is InChI=1S/C16H19F3N2OS/c1-4-6-12(5-2)20-15(22)21-13-9-11(3)7-8-14(13)23-10-16(17,18)19/h1,7-9,12H,5-6,10H2,2-3H3,(H2,20,21,22). The van der Waals surface area contributed by atoms with Gasteiger partial charge in [-0.05, 0) is 31.0 Å². The first-order valence-electron chi connectivity index (χ1n) is 7.06. The van der Waals surface area contributed by atoms with Crippen molar-refractivity contribution in [2.75, 3.05) is 11.1 Å². The van der Waals surface area contributed by atoms with Gasteiger partial charge in [0.25, 0.3) is 0 Å². The third-order valence-corrected chi connectivity index (χ3v) is 4.11. The van der Waals surface area contributed by atoms with Crippen LogP contribution in [0.4, 0.5) is 23.7 Å². The molecule has 0 bridgehead atoms. The molecule has 0 aromatic heterocycles. The number of halogens is 3. The first-order valence-corrected chi connectivity index (χ1v) is 8.05. The molecule has 0 saturated heterocycles. The lowest BCUT2D eigenvalue weighted by Gasteiger charge is -2.17. The lowest BCUT2D eigenvalue weighted by atomic mass is 10.1. The Bertz CT molecular complexity index is 582. The molecule has 0 spiro atoms. The fourth-order valence-corrected chi connectivity index (χ4v) is 2.56. The largest absolute Gasteiger partial charge is 0.398 e. The highest BCUT2D eigenvalue weighted by atomic mass is 32.2. The number of alkyl halides is 3. The molecule has 23 heavy (non-hydrogen) atoms. The van der Waals surface area contributed by atoms with Crippen LogP contribution in [0.25, 0.3) is 0 Å². The van der Waals surface area contributed by atoms with Crippen LogP contribution < -0.4 is 10.6 Å². The minimum absolute atomic E-state index is 0.170. The van der Waals surface area contributed by atoms with E-state index in [2.05, 4.69) is 16.6 Å². The summed E-state index contributed by atoms with van der Waals surface area (Å²) in [6.07, 6.45) is 2.02. The molecule has 0 aliphatic carbocycles. The third-order valence-electron chi connectivity index (χ3n) is 2.97. The Kier molecular flexibility index (Phi) is 7.30. The van der Waals surface area contributed by atoms with E-state index in [-0.39, 0.29) is 6.04 Å². The summed E-state index contributed by atoms with van der Waals surface area (Å²) in [6, 6.07) is 4.26. The summed E-state index contributed by atoms with van der Waals surface area (Å²) in [5.41, 5.74) is 1.19. The van der Waals surface area contributed by atoms with E-state index in [1.807, 2.05) is 6.92 Å². The van der Waals surface area contributed by atoms with E-state index < -0.39 is 18.0 Å². The number of nitrogens with one attached hydrogen (secondary N) is 2. The van der Waals surface area contributed by atoms with E-state index in [1.54, 1.807) is 25.1 Å². The Morgan fingerprint density at radius 2 is 2.13 bits per heavy atom. The van der Waals surface area contributed by atoms with Crippen molar-refractivity contribution in [2.45, 2.75) is 43.8 Å². The predicted octanol–water partition coefficient (Wildman–Crippen LogP) is 4.57. The van der Waals surface area contributed by atoms with Crippen molar-refractivity contribution in [3.05, 3.63) is 23.8 Å². The number of anilines is 1. The molecule has 0 radical (unpaired) electrons. The zero-order chi connectivity index (χ0) is 17.5. The van der Waals surface area contributed by atoms with Gasteiger partial charge in [-0.1, -0.05) is 13.0 Å². The Labute approximate surface area is 138 Å². The summed E-state index contributed by atoms with van der Waals surface area (Å²) in [6.45, 7) is 3.69. The maximum absolute atomic E-state index is 12.4. The number of hydrogen-bond acceptors (Lipinski definition) is 2. The average Bonchev–Trinajstić information content (AvgIpc) is 2.45. The monoisotopic (exact) mass is 344 g/mol. The molecule has 1 atom stereocenters. The maximum atomic E-state index is 12.4. The zero-order valence-corrected chi connectivity index (χ0v) is 13.8. The van der Waals surface area contributed by atoms with Gasteiger partial charge < -0.3 is 10.6 Å². The Morgan fingerprint density at radius 3 is 2.70 bits per heavy atom. The van der Waals surface area contributed by atoms with Crippen LogP contribution in [-0.2, 0) is 0 Å². The van der Waals surface area contributed by atoms with Crippen molar-refractivity contribution in [3.8, 4) is 12.3 Å². The van der Waals surface area contributed by atoms with E-state index in [9.17, 15) is 18.0 Å². The lowest BCUT2D eigenvalue weighted by Crippen LogP contribution is -2.37. The highest BCUT2D eigenvalue weighted by molar-refractivity contribution is 7.99. The number of thioether (sulfide) groups is 1. The summed E-state index contributed by atoms with van der Waals surface area (Å²) in [5, 5.41) is 5.32. The van der Waals surface area contributed by atoms with Crippen molar-refractivity contribution in [2.24, 2.45) is 0 Å². The molecular weight excluding hydrogens is 325 g/mol. The van der Waals surface area contributed by atoms with Crippen molar-refractivity contribution in [1.82, 2.24) is 5.32 Å². The fourth-order valence-electron chi connectivity index (χ4n) is 1.81. The van der Waals surface area contributed by atoms with Gasteiger partial charge >= 0.3 is 12.2 Å². The van der Waals surface area contributed by atoms with Crippen molar-refractivity contribution in [3.63, 3.8) is 0 Å². The lowest BCUT2D eigenvalue weighted by molar-refractivity contribution is -0.105. The predicted molar refractivity (Wildman–Crippen MR) is 87.6 cm³/mol. The first kappa shape index (κ1) is 19.2. The summed E-state index contributed by atoms with van der Waals surface area (Å²) in [4.78, 5) is 12.4. The molecule has 0 heterocycles. The molecule has 1 aromatic carbocycles. The van der Waals surface area contributed by atoms with Crippen LogP contribution in [0, 0.1) is 19.3 Å². The smallest absolute Gasteiger partial charge is 0.334 e. The molecule has 0 saturated carbocycles. The maximum Gasteiger partial charge on any atom is 0.398 e. The summed E-state index contributed by atoms with van der Waals surface area (Å²) >= 11 is 0.640. The average molecular weight is 344 g/mol. The number of carbonyl (C=O) groups excluding carboxylic acids is 1. The topological polar surface area (TPSA) is 41.1 Å². The van der Waals surface area contributed by atoms with Crippen LogP contribution in [0.5, 0.6) is 0 Å². The van der Waals surface area contributed by atoms with Gasteiger partial charge in [-0.3, -0.25) is 0 Å². The van der Waals surface area contributed by atoms with E-state index in [4.69, 9.17) is 6.42 Å². The van der Waals surface area contributed by atoms with Gasteiger partial charge in [-0.15, -0.1) is 24.1 Å². The Balaban J connectivity index is 2.79. The van der Waals surface area contributed by atoms with Crippen LogP contribution in [0.3, 0.4) is 0 Å². The van der Waals surface area contributed by atoms with Gasteiger partial charge in [0.05, 0.1) is 11.4 Å². The number of urea groups is 1. The molecule has 126 valence electrons. The van der Waals surface area contributed by atoms with Crippen LogP contribution >= 0.6 is 11.8 Å². The molecule has 7 heteroatoms. The number of rotatable bonds is 6. The van der Waals surface area contributed by atoms with Crippen molar-refractivity contribution < 1.29 is 18.0 Å². The molecule has 0 aliphatic rings. The molecule has 2 amide bonds. The quantitative estimate of drug-likeness (QED) is 0.586. The second kappa shape index (κ2) is 8.73. The van der Waals surface area contributed by atoms with Crippen LogP contribution in [-0.4, -0.2) is 24.0 Å². The fraction of sp³-hybridized carbons (Fsp3) is 0.438. The number of carbonyl (C=O) groups is 1. The highest BCUT2D eigenvalue weighted by Gasteiger charge is 2.27. The molecule has 1 aromatic rings. The zero-order valence-electron chi connectivity index (χ0n) is 13.0. The van der Waals surface area contributed by atoms with Crippen LogP contribution in [0.2, 0.25) is 0 Å². The van der Waals surface area contributed by atoms with Gasteiger partial charge in [0.2, 0.25) is 0 Å². The van der Waals surface area contributed by atoms with Gasteiger partial charge in [0.15, 0.2) is 0 Å². The molecule has 0 aliphatic heterocycles. The molecule has 2 N–H and O–H groups in total. The van der Waals surface area contributed by atoms with Gasteiger partial charge in [-0.25, -0.2) is 4.79 Å². The minimum atomic E-state index is -4.27. The van der Waals surface area contributed by atoms with Crippen LogP contribution in [0.15, 0.2) is 23.1 Å². The molecule has 1 unspecified atom stereocenters. The Morgan fingerprint density at radius 1 is 1.43 bits per heavy atom. The normalized spacial score (nSPS) is 12.3. The summed E-state index contributed by atoms with van der Waals surface area (Å²) in [5.74, 6) is 1.46. The van der Waals surface area contributed by atoms with E-state index >= 15 is 0 Å². The number of aryl methyl sites for hydroxylation is 1. The van der Waals surface area contributed by atoms with E-state index in [0.29, 0.717) is 35.2 Å². The third kappa shape index (κ3) is 7.33.